The molecule has 0 aliphatic heterocycles. The van der Waals surface area contributed by atoms with Crippen molar-refractivity contribution in [1.29, 1.82) is 5.26 Å². The van der Waals surface area contributed by atoms with Crippen LogP contribution in [0.2, 0.25) is 0 Å². The molecule has 1 aromatic rings. The maximum atomic E-state index is 8.72. The largest absolute Gasteiger partial charge is 0.245 e. The predicted octanol–water partition coefficient (Wildman–Crippen LogP) is 3.21. The molecule has 1 heterocycles. The molecule has 2 rings (SSSR count). The zero-order valence-electron chi connectivity index (χ0n) is 8.58. The molecule has 0 amide bonds. The predicted molar refractivity (Wildman–Crippen MR) is 57.5 cm³/mol. The third-order valence-corrected chi connectivity index (χ3v) is 3.81. The second-order valence-electron chi connectivity index (χ2n) is 4.12. The Hall–Kier alpha value is -0.880. The summed E-state index contributed by atoms with van der Waals surface area (Å²) in [5.41, 5.74) is 1.22. The van der Waals surface area contributed by atoms with Crippen molar-refractivity contribution in [2.75, 3.05) is 0 Å². The highest BCUT2D eigenvalue weighted by molar-refractivity contribution is 7.11. The van der Waals surface area contributed by atoms with Gasteiger partial charge in [-0.2, -0.15) is 5.26 Å². The number of hydrogen-bond acceptors (Lipinski definition) is 3. The van der Waals surface area contributed by atoms with Crippen LogP contribution >= 0.6 is 11.3 Å². The van der Waals surface area contributed by atoms with Gasteiger partial charge < -0.3 is 0 Å². The summed E-state index contributed by atoms with van der Waals surface area (Å²) in [5, 5.41) is 9.91. The van der Waals surface area contributed by atoms with E-state index in [-0.39, 0.29) is 0 Å². The molecular formula is C11H14N2S. The molecule has 1 aliphatic rings. The fourth-order valence-electron chi connectivity index (χ4n) is 1.50. The first kappa shape index (κ1) is 9.67. The zero-order valence-corrected chi connectivity index (χ0v) is 9.40. The van der Waals surface area contributed by atoms with E-state index in [1.165, 1.54) is 28.4 Å². The van der Waals surface area contributed by atoms with Gasteiger partial charge in [0.05, 0.1) is 23.2 Å². The SMILES string of the molecule is CC(C)c1nc(C2CC2)c(CC#N)s1. The summed E-state index contributed by atoms with van der Waals surface area (Å²) in [5.74, 6) is 1.16. The third-order valence-electron chi connectivity index (χ3n) is 2.44. The van der Waals surface area contributed by atoms with Crippen LogP contribution in [0.4, 0.5) is 0 Å². The van der Waals surface area contributed by atoms with Crippen molar-refractivity contribution >= 4 is 11.3 Å². The van der Waals surface area contributed by atoms with Crippen LogP contribution in [-0.2, 0) is 6.42 Å². The highest BCUT2D eigenvalue weighted by atomic mass is 32.1. The molecule has 0 bridgehead atoms. The van der Waals surface area contributed by atoms with Crippen LogP contribution in [0.5, 0.6) is 0 Å². The van der Waals surface area contributed by atoms with Gasteiger partial charge in [0.25, 0.3) is 0 Å². The molecule has 3 heteroatoms. The molecule has 0 unspecified atom stereocenters. The maximum absolute atomic E-state index is 8.72. The number of nitriles is 1. The van der Waals surface area contributed by atoms with E-state index in [2.05, 4.69) is 24.9 Å². The van der Waals surface area contributed by atoms with E-state index in [9.17, 15) is 0 Å². The number of rotatable bonds is 3. The minimum atomic E-state index is 0.491. The number of nitrogens with zero attached hydrogens (tertiary/aromatic N) is 2. The summed E-state index contributed by atoms with van der Waals surface area (Å²) in [6.07, 6.45) is 3.07. The van der Waals surface area contributed by atoms with Crippen molar-refractivity contribution in [1.82, 2.24) is 4.98 Å². The lowest BCUT2D eigenvalue weighted by molar-refractivity contribution is 0.837. The van der Waals surface area contributed by atoms with Gasteiger partial charge in [0.2, 0.25) is 0 Å². The molecule has 1 aromatic heterocycles. The Kier molecular flexibility index (Phi) is 2.56. The molecule has 0 saturated heterocycles. The minimum Gasteiger partial charge on any atom is -0.245 e. The van der Waals surface area contributed by atoms with E-state index in [1.807, 2.05) is 0 Å². The van der Waals surface area contributed by atoms with Gasteiger partial charge in [-0.1, -0.05) is 13.8 Å². The van der Waals surface area contributed by atoms with Crippen molar-refractivity contribution in [3.05, 3.63) is 15.6 Å². The molecule has 0 atom stereocenters. The van der Waals surface area contributed by atoms with Gasteiger partial charge in [0.1, 0.15) is 0 Å². The fraction of sp³-hybridized carbons (Fsp3) is 0.636. The summed E-state index contributed by atoms with van der Waals surface area (Å²) >= 11 is 1.73. The molecule has 0 N–H and O–H groups in total. The van der Waals surface area contributed by atoms with Crippen molar-refractivity contribution in [3.63, 3.8) is 0 Å². The van der Waals surface area contributed by atoms with E-state index in [4.69, 9.17) is 5.26 Å². The summed E-state index contributed by atoms with van der Waals surface area (Å²) in [7, 11) is 0. The average Bonchev–Trinajstić information content (AvgIpc) is 2.89. The lowest BCUT2D eigenvalue weighted by Gasteiger charge is -1.95. The first-order chi connectivity index (χ1) is 6.72. The summed E-state index contributed by atoms with van der Waals surface area (Å²) in [6, 6.07) is 2.23. The van der Waals surface area contributed by atoms with Crippen LogP contribution < -0.4 is 0 Å². The van der Waals surface area contributed by atoms with Gasteiger partial charge in [-0.05, 0) is 12.8 Å². The van der Waals surface area contributed by atoms with Crippen molar-refractivity contribution in [2.45, 2.75) is 44.9 Å². The van der Waals surface area contributed by atoms with Gasteiger partial charge in [-0.25, -0.2) is 4.98 Å². The Balaban J connectivity index is 2.31. The van der Waals surface area contributed by atoms with Crippen LogP contribution in [0.3, 0.4) is 0 Å². The topological polar surface area (TPSA) is 36.7 Å². The molecule has 1 saturated carbocycles. The van der Waals surface area contributed by atoms with Crippen molar-refractivity contribution in [2.24, 2.45) is 0 Å². The number of thiazole rings is 1. The fourth-order valence-corrected chi connectivity index (χ4v) is 2.59. The Morgan fingerprint density at radius 3 is 2.79 bits per heavy atom. The van der Waals surface area contributed by atoms with E-state index >= 15 is 0 Å². The van der Waals surface area contributed by atoms with Crippen LogP contribution in [0.15, 0.2) is 0 Å². The van der Waals surface area contributed by atoms with E-state index in [1.54, 1.807) is 11.3 Å². The first-order valence-corrected chi connectivity index (χ1v) is 5.90. The molecule has 0 radical (unpaired) electrons. The van der Waals surface area contributed by atoms with E-state index in [0.29, 0.717) is 18.3 Å². The van der Waals surface area contributed by atoms with Crippen LogP contribution in [0, 0.1) is 11.3 Å². The lowest BCUT2D eigenvalue weighted by Crippen LogP contribution is -1.88. The van der Waals surface area contributed by atoms with Crippen molar-refractivity contribution < 1.29 is 0 Å². The average molecular weight is 206 g/mol. The standard InChI is InChI=1S/C11H14N2S/c1-7(2)11-13-10(8-3-4-8)9(14-11)5-6-12/h7-8H,3-5H2,1-2H3. The smallest absolute Gasteiger partial charge is 0.0956 e. The quantitative estimate of drug-likeness (QED) is 0.761. The molecule has 74 valence electrons. The third kappa shape index (κ3) is 1.80. The number of hydrogen-bond donors (Lipinski definition) is 0. The van der Waals surface area contributed by atoms with E-state index < -0.39 is 0 Å². The van der Waals surface area contributed by atoms with Gasteiger partial charge in [0, 0.05) is 16.7 Å². The highest BCUT2D eigenvalue weighted by Gasteiger charge is 2.29. The van der Waals surface area contributed by atoms with Gasteiger partial charge >= 0.3 is 0 Å². The molecule has 0 spiro atoms. The summed E-state index contributed by atoms with van der Waals surface area (Å²) < 4.78 is 0. The van der Waals surface area contributed by atoms with Crippen LogP contribution in [0.1, 0.15) is 54.1 Å². The first-order valence-electron chi connectivity index (χ1n) is 5.08. The van der Waals surface area contributed by atoms with Crippen molar-refractivity contribution in [3.8, 4) is 6.07 Å². The normalized spacial score (nSPS) is 15.9. The van der Waals surface area contributed by atoms with Gasteiger partial charge in [-0.15, -0.1) is 11.3 Å². The second-order valence-corrected chi connectivity index (χ2v) is 5.24. The van der Waals surface area contributed by atoms with Gasteiger partial charge in [0.15, 0.2) is 0 Å². The molecule has 2 nitrogen and oxygen atoms in total. The van der Waals surface area contributed by atoms with Crippen LogP contribution in [-0.4, -0.2) is 4.98 Å². The monoisotopic (exact) mass is 206 g/mol. The zero-order chi connectivity index (χ0) is 10.1. The highest BCUT2D eigenvalue weighted by Crippen LogP contribution is 2.43. The molecular weight excluding hydrogens is 192 g/mol. The lowest BCUT2D eigenvalue weighted by atomic mass is 10.2. The Bertz CT molecular complexity index is 369. The summed E-state index contributed by atoms with van der Waals surface area (Å²) in [4.78, 5) is 5.86. The molecule has 14 heavy (non-hydrogen) atoms. The molecule has 1 fully saturated rings. The van der Waals surface area contributed by atoms with Crippen LogP contribution in [0.25, 0.3) is 0 Å². The molecule has 1 aliphatic carbocycles. The number of aromatic nitrogens is 1. The Morgan fingerprint density at radius 1 is 1.57 bits per heavy atom. The Morgan fingerprint density at radius 2 is 2.29 bits per heavy atom. The second kappa shape index (κ2) is 3.70. The van der Waals surface area contributed by atoms with Gasteiger partial charge in [-0.3, -0.25) is 0 Å². The molecule has 0 aromatic carbocycles. The maximum Gasteiger partial charge on any atom is 0.0956 e. The summed E-state index contributed by atoms with van der Waals surface area (Å²) in [6.45, 7) is 4.32. The Labute approximate surface area is 88.6 Å². The minimum absolute atomic E-state index is 0.491. The van der Waals surface area contributed by atoms with E-state index in [0.717, 1.165) is 0 Å².